The van der Waals surface area contributed by atoms with Gasteiger partial charge in [0.15, 0.2) is 12.0 Å². The number of nitriles is 1. The Kier molecular flexibility index (Phi) is 3.22. The van der Waals surface area contributed by atoms with Crippen LogP contribution in [0.5, 0.6) is 0 Å². The molecule has 1 heterocycles. The number of hydrogen-bond donors (Lipinski definition) is 1. The molecular formula is C15H17N3O. The molecule has 4 nitrogen and oxygen atoms in total. The van der Waals surface area contributed by atoms with Crippen LogP contribution in [0.3, 0.4) is 0 Å². The van der Waals surface area contributed by atoms with E-state index in [4.69, 9.17) is 9.68 Å². The highest BCUT2D eigenvalue weighted by atomic mass is 16.3. The zero-order valence-corrected chi connectivity index (χ0v) is 10.9. The van der Waals surface area contributed by atoms with Crippen LogP contribution in [0.4, 0.5) is 0 Å². The van der Waals surface area contributed by atoms with Crippen LogP contribution >= 0.6 is 0 Å². The Bertz CT molecular complexity index is 607. The van der Waals surface area contributed by atoms with E-state index in [0.717, 1.165) is 43.5 Å². The standard InChI is InChI=1S/C15H17N3O/c16-9-15(5-1-6-15)10-17-7-4-12-2-3-13-14(8-12)19-11-18-13/h2-3,8,11,17H,1,4-7,10H2. The van der Waals surface area contributed by atoms with Crippen molar-refractivity contribution < 1.29 is 4.42 Å². The summed E-state index contributed by atoms with van der Waals surface area (Å²) in [4.78, 5) is 4.10. The zero-order chi connectivity index (χ0) is 13.1. The van der Waals surface area contributed by atoms with Crippen LogP contribution in [0.1, 0.15) is 24.8 Å². The topological polar surface area (TPSA) is 61.9 Å². The van der Waals surface area contributed by atoms with Crippen molar-refractivity contribution in [3.8, 4) is 6.07 Å². The van der Waals surface area contributed by atoms with Crippen molar-refractivity contribution in [1.82, 2.24) is 10.3 Å². The fourth-order valence-corrected chi connectivity index (χ4v) is 2.55. The van der Waals surface area contributed by atoms with Gasteiger partial charge in [-0.25, -0.2) is 4.98 Å². The summed E-state index contributed by atoms with van der Waals surface area (Å²) < 4.78 is 5.29. The van der Waals surface area contributed by atoms with E-state index in [2.05, 4.69) is 22.4 Å². The summed E-state index contributed by atoms with van der Waals surface area (Å²) in [6.45, 7) is 1.71. The predicted molar refractivity (Wildman–Crippen MR) is 72.5 cm³/mol. The molecule has 1 aromatic heterocycles. The number of nitrogens with zero attached hydrogens (tertiary/aromatic N) is 2. The highest BCUT2D eigenvalue weighted by Crippen LogP contribution is 2.39. The van der Waals surface area contributed by atoms with Gasteiger partial charge < -0.3 is 9.73 Å². The van der Waals surface area contributed by atoms with Crippen LogP contribution in [-0.4, -0.2) is 18.1 Å². The molecule has 1 aromatic carbocycles. The summed E-state index contributed by atoms with van der Waals surface area (Å²) in [6.07, 6.45) is 5.69. The minimum absolute atomic E-state index is 0.0884. The number of nitrogens with one attached hydrogen (secondary N) is 1. The van der Waals surface area contributed by atoms with Gasteiger partial charge in [-0.2, -0.15) is 5.26 Å². The summed E-state index contributed by atoms with van der Waals surface area (Å²) >= 11 is 0. The van der Waals surface area contributed by atoms with Gasteiger partial charge in [0, 0.05) is 6.54 Å². The van der Waals surface area contributed by atoms with Crippen molar-refractivity contribution in [1.29, 1.82) is 5.26 Å². The van der Waals surface area contributed by atoms with Gasteiger partial charge in [0.1, 0.15) is 5.52 Å². The van der Waals surface area contributed by atoms with Gasteiger partial charge in [-0.1, -0.05) is 12.5 Å². The van der Waals surface area contributed by atoms with E-state index in [1.54, 1.807) is 0 Å². The van der Waals surface area contributed by atoms with Crippen molar-refractivity contribution in [2.75, 3.05) is 13.1 Å². The Labute approximate surface area is 112 Å². The Morgan fingerprint density at radius 3 is 3.05 bits per heavy atom. The largest absolute Gasteiger partial charge is 0.443 e. The molecule has 0 spiro atoms. The first-order chi connectivity index (χ1) is 9.31. The molecule has 1 aliphatic carbocycles. The lowest BCUT2D eigenvalue weighted by Gasteiger charge is -2.35. The smallest absolute Gasteiger partial charge is 0.181 e. The van der Waals surface area contributed by atoms with Gasteiger partial charge >= 0.3 is 0 Å². The highest BCUT2D eigenvalue weighted by molar-refractivity contribution is 5.72. The van der Waals surface area contributed by atoms with Crippen molar-refractivity contribution in [3.05, 3.63) is 30.2 Å². The minimum Gasteiger partial charge on any atom is -0.443 e. The van der Waals surface area contributed by atoms with Gasteiger partial charge in [-0.15, -0.1) is 0 Å². The van der Waals surface area contributed by atoms with Gasteiger partial charge in [0.05, 0.1) is 11.5 Å². The van der Waals surface area contributed by atoms with Crippen molar-refractivity contribution >= 4 is 11.1 Å². The molecule has 1 fully saturated rings. The molecule has 0 amide bonds. The summed E-state index contributed by atoms with van der Waals surface area (Å²) in [7, 11) is 0. The second-order valence-electron chi connectivity index (χ2n) is 5.33. The lowest BCUT2D eigenvalue weighted by Crippen LogP contribution is -2.39. The molecule has 0 atom stereocenters. The predicted octanol–water partition coefficient (Wildman–Crippen LogP) is 2.65. The fourth-order valence-electron chi connectivity index (χ4n) is 2.55. The van der Waals surface area contributed by atoms with Gasteiger partial charge in [-0.3, -0.25) is 0 Å². The summed E-state index contributed by atoms with van der Waals surface area (Å²) in [5.74, 6) is 0. The second-order valence-corrected chi connectivity index (χ2v) is 5.33. The third-order valence-electron chi connectivity index (χ3n) is 4.00. The normalized spacial score (nSPS) is 17.0. The minimum atomic E-state index is -0.0884. The molecule has 1 saturated carbocycles. The summed E-state index contributed by atoms with van der Waals surface area (Å²) in [5.41, 5.74) is 2.88. The number of aromatic nitrogens is 1. The molecule has 0 bridgehead atoms. The van der Waals surface area contributed by atoms with Crippen LogP contribution in [0.25, 0.3) is 11.1 Å². The van der Waals surface area contributed by atoms with Crippen molar-refractivity contribution in [3.63, 3.8) is 0 Å². The van der Waals surface area contributed by atoms with E-state index in [1.807, 2.05) is 12.1 Å². The maximum Gasteiger partial charge on any atom is 0.181 e. The monoisotopic (exact) mass is 255 g/mol. The zero-order valence-electron chi connectivity index (χ0n) is 10.9. The Hall–Kier alpha value is -1.86. The number of fused-ring (bicyclic) bond motifs is 1. The van der Waals surface area contributed by atoms with E-state index >= 15 is 0 Å². The van der Waals surface area contributed by atoms with Crippen LogP contribution in [-0.2, 0) is 6.42 Å². The molecule has 19 heavy (non-hydrogen) atoms. The molecule has 1 N–H and O–H groups in total. The van der Waals surface area contributed by atoms with Crippen molar-refractivity contribution in [2.24, 2.45) is 5.41 Å². The molecule has 2 aromatic rings. The molecule has 3 rings (SSSR count). The molecule has 0 unspecified atom stereocenters. The molecule has 0 aliphatic heterocycles. The van der Waals surface area contributed by atoms with Crippen molar-refractivity contribution in [2.45, 2.75) is 25.7 Å². The molecule has 0 saturated heterocycles. The van der Waals surface area contributed by atoms with E-state index in [9.17, 15) is 0 Å². The van der Waals surface area contributed by atoms with Gasteiger partial charge in [0.2, 0.25) is 0 Å². The first-order valence-corrected chi connectivity index (χ1v) is 6.75. The number of rotatable bonds is 5. The van der Waals surface area contributed by atoms with Gasteiger partial charge in [0.25, 0.3) is 0 Å². The van der Waals surface area contributed by atoms with Crippen LogP contribution in [0, 0.1) is 16.7 Å². The summed E-state index contributed by atoms with van der Waals surface area (Å²) in [6, 6.07) is 8.55. The first kappa shape index (κ1) is 12.2. The highest BCUT2D eigenvalue weighted by Gasteiger charge is 2.36. The number of oxazole rings is 1. The first-order valence-electron chi connectivity index (χ1n) is 6.75. The molecular weight excluding hydrogens is 238 g/mol. The number of hydrogen-bond acceptors (Lipinski definition) is 4. The maximum absolute atomic E-state index is 9.14. The average Bonchev–Trinajstić information content (AvgIpc) is 2.84. The lowest BCUT2D eigenvalue weighted by molar-refractivity contribution is 0.208. The second kappa shape index (κ2) is 5.02. The summed E-state index contributed by atoms with van der Waals surface area (Å²) in [5, 5.41) is 12.5. The lowest BCUT2D eigenvalue weighted by atomic mass is 9.70. The van der Waals surface area contributed by atoms with Gasteiger partial charge in [-0.05, 0) is 43.5 Å². The third-order valence-corrected chi connectivity index (χ3v) is 4.00. The fraction of sp³-hybridized carbons (Fsp3) is 0.467. The van der Waals surface area contributed by atoms with E-state index in [1.165, 1.54) is 18.4 Å². The molecule has 98 valence electrons. The third kappa shape index (κ3) is 2.47. The SMILES string of the molecule is N#CC1(CNCCc2ccc3ncoc3c2)CCC1. The number of benzene rings is 1. The Morgan fingerprint density at radius 1 is 1.42 bits per heavy atom. The van der Waals surface area contributed by atoms with Crippen LogP contribution < -0.4 is 5.32 Å². The van der Waals surface area contributed by atoms with E-state index < -0.39 is 0 Å². The maximum atomic E-state index is 9.14. The Morgan fingerprint density at radius 2 is 2.32 bits per heavy atom. The molecule has 0 radical (unpaired) electrons. The quantitative estimate of drug-likeness (QED) is 0.834. The van der Waals surface area contributed by atoms with E-state index in [-0.39, 0.29) is 5.41 Å². The molecule has 4 heteroatoms. The van der Waals surface area contributed by atoms with E-state index in [0.29, 0.717) is 0 Å². The van der Waals surface area contributed by atoms with Crippen LogP contribution in [0.15, 0.2) is 29.0 Å². The molecule has 1 aliphatic rings. The van der Waals surface area contributed by atoms with Crippen LogP contribution in [0.2, 0.25) is 0 Å². The Balaban J connectivity index is 1.51. The average molecular weight is 255 g/mol.